The van der Waals surface area contributed by atoms with Gasteiger partial charge in [-0.25, -0.2) is 18.3 Å². The summed E-state index contributed by atoms with van der Waals surface area (Å²) in [6.45, 7) is 9.79. The number of nitrogens with zero attached hydrogens (tertiary/aromatic N) is 3. The van der Waals surface area contributed by atoms with Gasteiger partial charge in [0, 0.05) is 42.7 Å². The number of fused-ring (bicyclic) bond motifs is 1. The van der Waals surface area contributed by atoms with Crippen LogP contribution >= 0.6 is 0 Å². The topological polar surface area (TPSA) is 76.2 Å². The van der Waals surface area contributed by atoms with Crippen molar-refractivity contribution in [3.8, 4) is 16.9 Å². The molecule has 0 spiro atoms. The smallest absolute Gasteiger partial charge is 0.316 e. The molecule has 8 heteroatoms. The van der Waals surface area contributed by atoms with Crippen molar-refractivity contribution in [3.63, 3.8) is 0 Å². The molecule has 2 heterocycles. The molecule has 3 aromatic carbocycles. The van der Waals surface area contributed by atoms with Crippen LogP contribution in [0, 0.1) is 18.6 Å². The Kier molecular flexibility index (Phi) is 7.72. The van der Waals surface area contributed by atoms with Crippen molar-refractivity contribution in [2.75, 3.05) is 11.9 Å². The first kappa shape index (κ1) is 27.5. The zero-order valence-corrected chi connectivity index (χ0v) is 23.4. The molecule has 0 fully saturated rings. The number of carbonyl (C=O) groups is 1. The number of rotatable bonds is 7. The summed E-state index contributed by atoms with van der Waals surface area (Å²) in [4.78, 5) is 13.7. The minimum absolute atomic E-state index is 0.0969. The zero-order valence-electron chi connectivity index (χ0n) is 23.4. The number of halogens is 2. The maximum Gasteiger partial charge on any atom is 0.316 e. The van der Waals surface area contributed by atoms with Gasteiger partial charge in [0.15, 0.2) is 0 Å². The van der Waals surface area contributed by atoms with E-state index in [4.69, 9.17) is 10.8 Å². The zero-order chi connectivity index (χ0) is 28.6. The van der Waals surface area contributed by atoms with Gasteiger partial charge in [0.05, 0.1) is 22.8 Å². The van der Waals surface area contributed by atoms with Crippen LogP contribution in [0.1, 0.15) is 60.3 Å². The lowest BCUT2D eigenvalue weighted by Gasteiger charge is -2.33. The molecule has 2 amide bonds. The minimum Gasteiger partial charge on any atom is -0.351 e. The summed E-state index contributed by atoms with van der Waals surface area (Å²) in [6.07, 6.45) is 2.22. The highest BCUT2D eigenvalue weighted by Crippen LogP contribution is 2.39. The molecule has 1 atom stereocenters. The van der Waals surface area contributed by atoms with E-state index in [0.717, 1.165) is 59.6 Å². The minimum atomic E-state index is -0.959. The third-order valence-corrected chi connectivity index (χ3v) is 8.00. The molecule has 4 aromatic rings. The van der Waals surface area contributed by atoms with Crippen LogP contribution in [0.3, 0.4) is 0 Å². The van der Waals surface area contributed by atoms with Crippen molar-refractivity contribution in [2.24, 2.45) is 5.73 Å². The van der Waals surface area contributed by atoms with Crippen molar-refractivity contribution in [3.05, 3.63) is 99.7 Å². The van der Waals surface area contributed by atoms with Gasteiger partial charge in [0.2, 0.25) is 0 Å². The predicted octanol–water partition coefficient (Wildman–Crippen LogP) is 6.86. The van der Waals surface area contributed by atoms with Crippen molar-refractivity contribution in [1.29, 1.82) is 0 Å². The fourth-order valence-corrected chi connectivity index (χ4v) is 5.86. The standard InChI is InChI=1S/C32H35F2N5O/c1-5-21-11-9-12-22(6-2)30(21)39-31(24-16-27(34)29(17-26(24)33)36-32(35)40)25-18-38(15-14-28(25)37-39)20(4)23-13-8-7-10-19(23)3/h7-13,16-17,20H,5-6,14-15,18H2,1-4H3,(H3,35,36,40). The van der Waals surface area contributed by atoms with Gasteiger partial charge < -0.3 is 11.1 Å². The van der Waals surface area contributed by atoms with Crippen molar-refractivity contribution < 1.29 is 13.6 Å². The number of nitrogens with two attached hydrogens (primary N) is 1. The molecule has 208 valence electrons. The van der Waals surface area contributed by atoms with Gasteiger partial charge in [-0.1, -0.05) is 56.3 Å². The van der Waals surface area contributed by atoms with E-state index in [-0.39, 0.29) is 17.3 Å². The van der Waals surface area contributed by atoms with Crippen LogP contribution < -0.4 is 11.1 Å². The molecule has 1 aromatic heterocycles. The highest BCUT2D eigenvalue weighted by molar-refractivity contribution is 5.88. The fraction of sp³-hybridized carbons (Fsp3) is 0.312. The van der Waals surface area contributed by atoms with E-state index in [9.17, 15) is 4.79 Å². The van der Waals surface area contributed by atoms with E-state index >= 15 is 8.78 Å². The Morgan fingerprint density at radius 3 is 2.40 bits per heavy atom. The number of primary amides is 1. The molecule has 1 aliphatic rings. The summed E-state index contributed by atoms with van der Waals surface area (Å²) < 4.78 is 32.9. The van der Waals surface area contributed by atoms with Crippen LogP contribution in [-0.2, 0) is 25.8 Å². The van der Waals surface area contributed by atoms with Gasteiger partial charge in [-0.15, -0.1) is 0 Å². The maximum atomic E-state index is 15.8. The molecule has 40 heavy (non-hydrogen) atoms. The lowest BCUT2D eigenvalue weighted by atomic mass is 9.95. The van der Waals surface area contributed by atoms with Crippen molar-refractivity contribution >= 4 is 11.7 Å². The van der Waals surface area contributed by atoms with E-state index in [0.29, 0.717) is 18.7 Å². The monoisotopic (exact) mass is 543 g/mol. The molecular formula is C32H35F2N5O. The second-order valence-corrected chi connectivity index (χ2v) is 10.4. The van der Waals surface area contributed by atoms with Gasteiger partial charge in [0.25, 0.3) is 0 Å². The fourth-order valence-electron chi connectivity index (χ4n) is 5.86. The molecular weight excluding hydrogens is 508 g/mol. The summed E-state index contributed by atoms with van der Waals surface area (Å²) in [5.74, 6) is -1.43. The summed E-state index contributed by atoms with van der Waals surface area (Å²) in [5.41, 5.74) is 12.8. The summed E-state index contributed by atoms with van der Waals surface area (Å²) in [6, 6.07) is 15.8. The molecule has 0 saturated carbocycles. The van der Waals surface area contributed by atoms with E-state index < -0.39 is 17.7 Å². The Hall–Kier alpha value is -4.04. The third-order valence-electron chi connectivity index (χ3n) is 8.00. The predicted molar refractivity (Wildman–Crippen MR) is 155 cm³/mol. The Morgan fingerprint density at radius 1 is 1.05 bits per heavy atom. The third kappa shape index (κ3) is 4.99. The molecule has 1 unspecified atom stereocenters. The normalized spacial score (nSPS) is 14.2. The SMILES string of the molecule is CCc1cccc(CC)c1-n1nc2c(c1-c1cc(F)c(NC(N)=O)cc1F)CN(C(C)c1ccccc1C)CC2. The van der Waals surface area contributed by atoms with Crippen LogP contribution in [0.25, 0.3) is 16.9 Å². The van der Waals surface area contributed by atoms with Crippen LogP contribution in [0.4, 0.5) is 19.3 Å². The summed E-state index contributed by atoms with van der Waals surface area (Å²) >= 11 is 0. The quantitative estimate of drug-likeness (QED) is 0.267. The van der Waals surface area contributed by atoms with E-state index in [1.54, 1.807) is 0 Å². The van der Waals surface area contributed by atoms with Gasteiger partial charge in [-0.3, -0.25) is 4.90 Å². The Bertz CT molecular complexity index is 1560. The Morgan fingerprint density at radius 2 is 1.75 bits per heavy atom. The number of hydrogen-bond donors (Lipinski definition) is 2. The van der Waals surface area contributed by atoms with Crippen LogP contribution in [0.2, 0.25) is 0 Å². The van der Waals surface area contributed by atoms with Crippen LogP contribution in [0.15, 0.2) is 54.6 Å². The van der Waals surface area contributed by atoms with E-state index in [1.807, 2.05) is 22.9 Å². The number of amides is 2. The van der Waals surface area contributed by atoms with Gasteiger partial charge in [-0.05, 0) is 55.0 Å². The van der Waals surface area contributed by atoms with Crippen LogP contribution in [0.5, 0.6) is 0 Å². The molecule has 0 aliphatic carbocycles. The first-order valence-electron chi connectivity index (χ1n) is 13.8. The van der Waals surface area contributed by atoms with Gasteiger partial charge >= 0.3 is 6.03 Å². The number of carbonyl (C=O) groups excluding carboxylic acids is 1. The summed E-state index contributed by atoms with van der Waals surface area (Å²) in [5, 5.41) is 7.22. The number of aromatic nitrogens is 2. The number of nitrogens with one attached hydrogen (secondary N) is 1. The molecule has 5 rings (SSSR count). The van der Waals surface area contributed by atoms with Crippen LogP contribution in [-0.4, -0.2) is 27.3 Å². The number of para-hydroxylation sites is 1. The Labute approximate surface area is 233 Å². The number of anilines is 1. The van der Waals surface area contributed by atoms with E-state index in [1.165, 1.54) is 11.1 Å². The Balaban J connectivity index is 1.71. The molecule has 0 bridgehead atoms. The highest BCUT2D eigenvalue weighted by Gasteiger charge is 2.31. The molecule has 0 saturated heterocycles. The number of urea groups is 1. The summed E-state index contributed by atoms with van der Waals surface area (Å²) in [7, 11) is 0. The number of benzene rings is 3. The number of aryl methyl sites for hydroxylation is 3. The maximum absolute atomic E-state index is 15.8. The van der Waals surface area contributed by atoms with Crippen molar-refractivity contribution in [2.45, 2.75) is 59.5 Å². The lowest BCUT2D eigenvalue weighted by Crippen LogP contribution is -2.33. The first-order valence-corrected chi connectivity index (χ1v) is 13.8. The number of hydrogen-bond acceptors (Lipinski definition) is 3. The van der Waals surface area contributed by atoms with Crippen molar-refractivity contribution in [1.82, 2.24) is 14.7 Å². The largest absolute Gasteiger partial charge is 0.351 e. The second-order valence-electron chi connectivity index (χ2n) is 10.4. The van der Waals surface area contributed by atoms with E-state index in [2.05, 4.69) is 62.2 Å². The molecule has 0 radical (unpaired) electrons. The first-order chi connectivity index (χ1) is 19.2. The second kappa shape index (κ2) is 11.2. The lowest BCUT2D eigenvalue weighted by molar-refractivity contribution is 0.191. The van der Waals surface area contributed by atoms with Gasteiger partial charge in [-0.2, -0.15) is 5.10 Å². The highest BCUT2D eigenvalue weighted by atomic mass is 19.1. The van der Waals surface area contributed by atoms with Gasteiger partial charge in [0.1, 0.15) is 11.6 Å². The molecule has 6 nitrogen and oxygen atoms in total. The average Bonchev–Trinajstić information content (AvgIpc) is 3.32. The molecule has 1 aliphatic heterocycles. The molecule has 3 N–H and O–H groups in total. The average molecular weight is 544 g/mol.